The van der Waals surface area contributed by atoms with Crippen molar-refractivity contribution in [1.82, 2.24) is 9.80 Å². The van der Waals surface area contributed by atoms with Crippen LogP contribution in [0.2, 0.25) is 0 Å². The summed E-state index contributed by atoms with van der Waals surface area (Å²) >= 11 is 0. The predicted octanol–water partition coefficient (Wildman–Crippen LogP) is 0.519. The molecule has 0 aromatic rings. The summed E-state index contributed by atoms with van der Waals surface area (Å²) in [6.07, 6.45) is 2.79. The molecular formula is C13H27N3O. The van der Waals surface area contributed by atoms with Crippen molar-refractivity contribution in [3.8, 4) is 0 Å². The Bertz CT molecular complexity index is 235. The molecule has 2 rings (SSSR count). The molecule has 0 saturated carbocycles. The van der Waals surface area contributed by atoms with E-state index in [0.29, 0.717) is 18.2 Å². The number of nitrogens with zero attached hydrogens (tertiary/aromatic N) is 2. The Hall–Kier alpha value is -0.160. The van der Waals surface area contributed by atoms with E-state index in [-0.39, 0.29) is 0 Å². The second-order valence-electron chi connectivity index (χ2n) is 5.74. The van der Waals surface area contributed by atoms with Crippen LogP contribution in [0.1, 0.15) is 26.7 Å². The molecule has 17 heavy (non-hydrogen) atoms. The maximum absolute atomic E-state index is 6.01. The van der Waals surface area contributed by atoms with Gasteiger partial charge in [0.05, 0.1) is 12.7 Å². The van der Waals surface area contributed by atoms with Crippen molar-refractivity contribution in [2.45, 2.75) is 44.9 Å². The van der Waals surface area contributed by atoms with E-state index in [9.17, 15) is 0 Å². The minimum atomic E-state index is 0.369. The Morgan fingerprint density at radius 3 is 2.82 bits per heavy atom. The molecule has 4 nitrogen and oxygen atoms in total. The van der Waals surface area contributed by atoms with Crippen molar-refractivity contribution in [3.05, 3.63) is 0 Å². The molecule has 0 amide bonds. The zero-order chi connectivity index (χ0) is 12.3. The highest BCUT2D eigenvalue weighted by molar-refractivity contribution is 4.81. The van der Waals surface area contributed by atoms with Crippen LogP contribution in [0.3, 0.4) is 0 Å². The second kappa shape index (κ2) is 6.14. The van der Waals surface area contributed by atoms with E-state index in [1.807, 2.05) is 0 Å². The molecule has 2 aliphatic rings. The average Bonchev–Trinajstić information content (AvgIpc) is 2.29. The topological polar surface area (TPSA) is 41.7 Å². The molecule has 0 aromatic heterocycles. The summed E-state index contributed by atoms with van der Waals surface area (Å²) in [6.45, 7) is 10.8. The fourth-order valence-corrected chi connectivity index (χ4v) is 2.87. The Kier molecular flexibility index (Phi) is 4.79. The van der Waals surface area contributed by atoms with Crippen LogP contribution in [0.25, 0.3) is 0 Å². The van der Waals surface area contributed by atoms with Crippen LogP contribution in [-0.2, 0) is 4.74 Å². The minimum absolute atomic E-state index is 0.369. The van der Waals surface area contributed by atoms with Gasteiger partial charge in [0.25, 0.3) is 0 Å². The fraction of sp³-hybridized carbons (Fsp3) is 1.00. The lowest BCUT2D eigenvalue weighted by molar-refractivity contribution is -0.0544. The van der Waals surface area contributed by atoms with Crippen LogP contribution in [0.4, 0.5) is 0 Å². The molecule has 0 aromatic carbocycles. The van der Waals surface area contributed by atoms with Gasteiger partial charge in [0.2, 0.25) is 0 Å². The van der Waals surface area contributed by atoms with Gasteiger partial charge in [0.15, 0.2) is 0 Å². The summed E-state index contributed by atoms with van der Waals surface area (Å²) in [5, 5.41) is 0. The molecular weight excluding hydrogens is 214 g/mol. The van der Waals surface area contributed by atoms with Crippen molar-refractivity contribution in [1.29, 1.82) is 0 Å². The third-order valence-electron chi connectivity index (χ3n) is 3.90. The lowest BCUT2D eigenvalue weighted by atomic mass is 10.1. The Balaban J connectivity index is 1.78. The summed E-state index contributed by atoms with van der Waals surface area (Å²) in [4.78, 5) is 4.99. The van der Waals surface area contributed by atoms with Crippen molar-refractivity contribution < 1.29 is 4.74 Å². The highest BCUT2D eigenvalue weighted by atomic mass is 16.5. The number of likely N-dealkylation sites (tertiary alicyclic amines) is 1. The summed E-state index contributed by atoms with van der Waals surface area (Å²) in [5.41, 5.74) is 6.01. The SMILES string of the molecule is CC(C)N1CCOC(CN2CCCC(N)C2)C1. The molecule has 2 N–H and O–H groups in total. The first kappa shape index (κ1) is 13.3. The van der Waals surface area contributed by atoms with E-state index in [0.717, 1.165) is 32.8 Å². The van der Waals surface area contributed by atoms with Crippen molar-refractivity contribution in [2.24, 2.45) is 5.73 Å². The van der Waals surface area contributed by atoms with Crippen LogP contribution in [0.5, 0.6) is 0 Å². The molecule has 100 valence electrons. The highest BCUT2D eigenvalue weighted by Gasteiger charge is 2.25. The first-order valence-corrected chi connectivity index (χ1v) is 6.98. The van der Waals surface area contributed by atoms with Gasteiger partial charge in [0, 0.05) is 38.3 Å². The second-order valence-corrected chi connectivity index (χ2v) is 5.74. The molecule has 2 unspecified atom stereocenters. The molecule has 2 fully saturated rings. The van der Waals surface area contributed by atoms with Crippen molar-refractivity contribution in [3.63, 3.8) is 0 Å². The van der Waals surface area contributed by atoms with E-state index in [4.69, 9.17) is 10.5 Å². The largest absolute Gasteiger partial charge is 0.374 e. The Morgan fingerprint density at radius 2 is 2.12 bits per heavy atom. The van der Waals surface area contributed by atoms with Gasteiger partial charge in [-0.05, 0) is 33.2 Å². The molecule has 0 spiro atoms. The smallest absolute Gasteiger partial charge is 0.0829 e. The molecule has 0 radical (unpaired) electrons. The molecule has 2 atom stereocenters. The van der Waals surface area contributed by atoms with Gasteiger partial charge < -0.3 is 10.5 Å². The molecule has 4 heteroatoms. The molecule has 2 saturated heterocycles. The predicted molar refractivity (Wildman–Crippen MR) is 70.1 cm³/mol. The van der Waals surface area contributed by atoms with Gasteiger partial charge in [-0.25, -0.2) is 0 Å². The summed E-state index contributed by atoms with van der Waals surface area (Å²) in [5.74, 6) is 0. The fourth-order valence-electron chi connectivity index (χ4n) is 2.87. The molecule has 2 heterocycles. The average molecular weight is 241 g/mol. The number of piperidine rings is 1. The number of hydrogen-bond donors (Lipinski definition) is 1. The van der Waals surface area contributed by atoms with Crippen LogP contribution in [-0.4, -0.2) is 67.3 Å². The van der Waals surface area contributed by atoms with E-state index in [1.54, 1.807) is 0 Å². The van der Waals surface area contributed by atoms with Crippen LogP contribution in [0.15, 0.2) is 0 Å². The first-order valence-electron chi connectivity index (χ1n) is 6.98. The van der Waals surface area contributed by atoms with E-state index < -0.39 is 0 Å². The third kappa shape index (κ3) is 3.91. The molecule has 0 aliphatic carbocycles. The monoisotopic (exact) mass is 241 g/mol. The lowest BCUT2D eigenvalue weighted by Crippen LogP contribution is -2.52. The number of nitrogens with two attached hydrogens (primary N) is 1. The van der Waals surface area contributed by atoms with Gasteiger partial charge in [0.1, 0.15) is 0 Å². The highest BCUT2D eigenvalue weighted by Crippen LogP contribution is 2.13. The van der Waals surface area contributed by atoms with Crippen LogP contribution in [0, 0.1) is 0 Å². The molecule has 2 aliphatic heterocycles. The maximum Gasteiger partial charge on any atom is 0.0829 e. The maximum atomic E-state index is 6.01. The van der Waals surface area contributed by atoms with Gasteiger partial charge in [-0.3, -0.25) is 9.80 Å². The van der Waals surface area contributed by atoms with Crippen molar-refractivity contribution >= 4 is 0 Å². The third-order valence-corrected chi connectivity index (χ3v) is 3.90. The lowest BCUT2D eigenvalue weighted by Gasteiger charge is -2.39. The summed E-state index contributed by atoms with van der Waals surface area (Å²) < 4.78 is 5.87. The van der Waals surface area contributed by atoms with E-state index in [2.05, 4.69) is 23.6 Å². The van der Waals surface area contributed by atoms with E-state index in [1.165, 1.54) is 19.4 Å². The van der Waals surface area contributed by atoms with Crippen LogP contribution >= 0.6 is 0 Å². The summed E-state index contributed by atoms with van der Waals surface area (Å²) in [7, 11) is 0. The van der Waals surface area contributed by atoms with Gasteiger partial charge in [-0.15, -0.1) is 0 Å². The van der Waals surface area contributed by atoms with Gasteiger partial charge in [-0.2, -0.15) is 0 Å². The van der Waals surface area contributed by atoms with E-state index >= 15 is 0 Å². The Morgan fingerprint density at radius 1 is 1.29 bits per heavy atom. The number of morpholine rings is 1. The number of rotatable bonds is 3. The number of ether oxygens (including phenoxy) is 1. The van der Waals surface area contributed by atoms with Crippen LogP contribution < -0.4 is 5.73 Å². The quantitative estimate of drug-likeness (QED) is 0.782. The molecule has 0 bridgehead atoms. The zero-order valence-corrected chi connectivity index (χ0v) is 11.3. The van der Waals surface area contributed by atoms with Gasteiger partial charge in [-0.1, -0.05) is 0 Å². The zero-order valence-electron chi connectivity index (χ0n) is 11.3. The van der Waals surface area contributed by atoms with Gasteiger partial charge >= 0.3 is 0 Å². The minimum Gasteiger partial charge on any atom is -0.374 e. The normalized spacial score (nSPS) is 33.2. The summed E-state index contributed by atoms with van der Waals surface area (Å²) in [6, 6.07) is 0.999. The Labute approximate surface area is 105 Å². The number of hydrogen-bond acceptors (Lipinski definition) is 4. The van der Waals surface area contributed by atoms with Crippen molar-refractivity contribution in [2.75, 3.05) is 39.3 Å². The standard InChI is InChI=1S/C13H27N3O/c1-11(2)16-6-7-17-13(10-16)9-15-5-3-4-12(14)8-15/h11-13H,3-10,14H2,1-2H3. The first-order chi connectivity index (χ1) is 8.15.